The van der Waals surface area contributed by atoms with E-state index < -0.39 is 0 Å². The van der Waals surface area contributed by atoms with Crippen molar-refractivity contribution in [3.05, 3.63) is 88.2 Å². The van der Waals surface area contributed by atoms with Gasteiger partial charge in [0.05, 0.1) is 17.8 Å². The standard InChI is InChI=1S/C20H18ClN3O2/c1-23(13-16-11-12-22-24(16)2)20(26)18-6-4-3-5-17(18)19(25)14-7-9-15(21)10-8-14/h3-12H,13H2,1-2H3. The van der Waals surface area contributed by atoms with Gasteiger partial charge in [-0.15, -0.1) is 0 Å². The molecule has 1 heterocycles. The van der Waals surface area contributed by atoms with E-state index in [2.05, 4.69) is 5.10 Å². The molecule has 0 atom stereocenters. The van der Waals surface area contributed by atoms with Crippen LogP contribution in [0.1, 0.15) is 32.0 Å². The van der Waals surface area contributed by atoms with Gasteiger partial charge in [-0.25, -0.2) is 0 Å². The molecule has 26 heavy (non-hydrogen) atoms. The largest absolute Gasteiger partial charge is 0.336 e. The van der Waals surface area contributed by atoms with Crippen LogP contribution >= 0.6 is 11.6 Å². The minimum Gasteiger partial charge on any atom is -0.336 e. The van der Waals surface area contributed by atoms with Gasteiger partial charge in [0.2, 0.25) is 0 Å². The SMILES string of the molecule is CN(Cc1ccnn1C)C(=O)c1ccccc1C(=O)c1ccc(Cl)cc1. The highest BCUT2D eigenvalue weighted by atomic mass is 35.5. The molecular weight excluding hydrogens is 350 g/mol. The molecule has 0 fully saturated rings. The van der Waals surface area contributed by atoms with Gasteiger partial charge in [0.25, 0.3) is 5.91 Å². The van der Waals surface area contributed by atoms with Crippen LogP contribution in [0.25, 0.3) is 0 Å². The molecule has 0 bridgehead atoms. The number of hydrogen-bond acceptors (Lipinski definition) is 3. The van der Waals surface area contributed by atoms with Crippen LogP contribution in [0.4, 0.5) is 0 Å². The first-order valence-corrected chi connectivity index (χ1v) is 8.47. The predicted octanol–water partition coefficient (Wildman–Crippen LogP) is 3.58. The third kappa shape index (κ3) is 3.68. The number of carbonyl (C=O) groups is 2. The van der Waals surface area contributed by atoms with Gasteiger partial charge in [0.15, 0.2) is 5.78 Å². The van der Waals surface area contributed by atoms with Crippen LogP contribution in [0.5, 0.6) is 0 Å². The van der Waals surface area contributed by atoms with Crippen molar-refractivity contribution < 1.29 is 9.59 Å². The van der Waals surface area contributed by atoms with Crippen molar-refractivity contribution in [3.63, 3.8) is 0 Å². The number of rotatable bonds is 5. The maximum atomic E-state index is 12.9. The molecule has 0 saturated carbocycles. The fourth-order valence-electron chi connectivity index (χ4n) is 2.70. The van der Waals surface area contributed by atoms with E-state index in [1.807, 2.05) is 13.1 Å². The van der Waals surface area contributed by atoms with Crippen molar-refractivity contribution in [1.82, 2.24) is 14.7 Å². The molecule has 0 aliphatic rings. The second-order valence-electron chi connectivity index (χ2n) is 5.99. The summed E-state index contributed by atoms with van der Waals surface area (Å²) in [6.45, 7) is 0.402. The minimum absolute atomic E-state index is 0.209. The van der Waals surface area contributed by atoms with Gasteiger partial charge in [-0.05, 0) is 36.4 Å². The highest BCUT2D eigenvalue weighted by Crippen LogP contribution is 2.19. The fourth-order valence-corrected chi connectivity index (χ4v) is 2.83. The van der Waals surface area contributed by atoms with E-state index in [4.69, 9.17) is 11.6 Å². The lowest BCUT2D eigenvalue weighted by Crippen LogP contribution is -2.28. The van der Waals surface area contributed by atoms with Crippen LogP contribution in [0.3, 0.4) is 0 Å². The third-order valence-electron chi connectivity index (χ3n) is 4.18. The van der Waals surface area contributed by atoms with E-state index >= 15 is 0 Å². The zero-order valence-electron chi connectivity index (χ0n) is 14.5. The van der Waals surface area contributed by atoms with Crippen molar-refractivity contribution in [1.29, 1.82) is 0 Å². The fraction of sp³-hybridized carbons (Fsp3) is 0.150. The average Bonchev–Trinajstić information content (AvgIpc) is 3.05. The predicted molar refractivity (Wildman–Crippen MR) is 100 cm³/mol. The number of ketones is 1. The molecule has 5 nitrogen and oxygen atoms in total. The summed E-state index contributed by atoms with van der Waals surface area (Å²) in [5.74, 6) is -0.427. The van der Waals surface area contributed by atoms with Crippen molar-refractivity contribution in [2.24, 2.45) is 7.05 Å². The Bertz CT molecular complexity index is 948. The number of hydrogen-bond donors (Lipinski definition) is 0. The summed E-state index contributed by atoms with van der Waals surface area (Å²) in [6.07, 6.45) is 1.69. The molecule has 3 aromatic rings. The molecule has 0 N–H and O–H groups in total. The van der Waals surface area contributed by atoms with E-state index in [0.29, 0.717) is 28.3 Å². The van der Waals surface area contributed by atoms with Crippen LogP contribution in [-0.4, -0.2) is 33.4 Å². The number of benzene rings is 2. The van der Waals surface area contributed by atoms with Gasteiger partial charge < -0.3 is 4.90 Å². The van der Waals surface area contributed by atoms with Gasteiger partial charge in [0.1, 0.15) is 0 Å². The lowest BCUT2D eigenvalue weighted by molar-refractivity contribution is 0.0777. The molecule has 6 heteroatoms. The lowest BCUT2D eigenvalue weighted by atomic mass is 9.97. The number of amides is 1. The number of carbonyl (C=O) groups excluding carboxylic acids is 2. The van der Waals surface area contributed by atoms with Crippen molar-refractivity contribution in [2.75, 3.05) is 7.05 Å². The number of aromatic nitrogens is 2. The van der Waals surface area contributed by atoms with Crippen molar-refractivity contribution >= 4 is 23.3 Å². The quantitative estimate of drug-likeness (QED) is 0.648. The normalized spacial score (nSPS) is 10.6. The Morgan fingerprint density at radius 2 is 1.69 bits per heavy atom. The Balaban J connectivity index is 1.88. The zero-order chi connectivity index (χ0) is 18.7. The molecule has 0 radical (unpaired) electrons. The number of halogens is 1. The topological polar surface area (TPSA) is 55.2 Å². The average molecular weight is 368 g/mol. The maximum Gasteiger partial charge on any atom is 0.254 e. The van der Waals surface area contributed by atoms with E-state index in [1.54, 1.807) is 71.4 Å². The molecule has 1 aromatic heterocycles. The van der Waals surface area contributed by atoms with Gasteiger partial charge >= 0.3 is 0 Å². The van der Waals surface area contributed by atoms with E-state index in [-0.39, 0.29) is 11.7 Å². The molecule has 132 valence electrons. The highest BCUT2D eigenvalue weighted by molar-refractivity contribution is 6.30. The lowest BCUT2D eigenvalue weighted by Gasteiger charge is -2.19. The summed E-state index contributed by atoms with van der Waals surface area (Å²) in [4.78, 5) is 27.3. The van der Waals surface area contributed by atoms with Crippen LogP contribution in [0.15, 0.2) is 60.8 Å². The molecule has 3 rings (SSSR count). The minimum atomic E-state index is -0.218. The summed E-state index contributed by atoms with van der Waals surface area (Å²) >= 11 is 5.89. The highest BCUT2D eigenvalue weighted by Gasteiger charge is 2.21. The van der Waals surface area contributed by atoms with E-state index in [9.17, 15) is 9.59 Å². The Morgan fingerprint density at radius 3 is 2.31 bits per heavy atom. The maximum absolute atomic E-state index is 12.9. The Kier molecular flexibility index (Phi) is 5.19. The molecule has 1 amide bonds. The summed E-state index contributed by atoms with van der Waals surface area (Å²) < 4.78 is 1.72. The van der Waals surface area contributed by atoms with E-state index in [1.165, 1.54) is 0 Å². The molecule has 0 unspecified atom stereocenters. The Morgan fingerprint density at radius 1 is 1.04 bits per heavy atom. The van der Waals surface area contributed by atoms with Crippen molar-refractivity contribution in [2.45, 2.75) is 6.54 Å². The second-order valence-corrected chi connectivity index (χ2v) is 6.43. The first-order valence-electron chi connectivity index (χ1n) is 8.09. The first-order chi connectivity index (χ1) is 12.5. The summed E-state index contributed by atoms with van der Waals surface area (Å²) in [5.41, 5.74) is 2.14. The monoisotopic (exact) mass is 367 g/mol. The smallest absolute Gasteiger partial charge is 0.254 e. The summed E-state index contributed by atoms with van der Waals surface area (Å²) in [6, 6.07) is 15.3. The first kappa shape index (κ1) is 17.9. The molecule has 2 aromatic carbocycles. The summed E-state index contributed by atoms with van der Waals surface area (Å²) in [5, 5.41) is 4.67. The van der Waals surface area contributed by atoms with Crippen LogP contribution in [0, 0.1) is 0 Å². The van der Waals surface area contributed by atoms with Crippen LogP contribution < -0.4 is 0 Å². The van der Waals surface area contributed by atoms with Crippen molar-refractivity contribution in [3.8, 4) is 0 Å². The molecular formula is C20H18ClN3O2. The van der Waals surface area contributed by atoms with Crippen LogP contribution in [-0.2, 0) is 13.6 Å². The zero-order valence-corrected chi connectivity index (χ0v) is 15.3. The Labute approximate surface area is 156 Å². The Hall–Kier alpha value is -2.92. The van der Waals surface area contributed by atoms with Gasteiger partial charge in [0, 0.05) is 36.4 Å². The number of nitrogens with zero attached hydrogens (tertiary/aromatic N) is 3. The molecule has 0 saturated heterocycles. The van der Waals surface area contributed by atoms with Crippen LogP contribution in [0.2, 0.25) is 5.02 Å². The molecule has 0 aliphatic heterocycles. The third-order valence-corrected chi connectivity index (χ3v) is 4.43. The van der Waals surface area contributed by atoms with Gasteiger partial charge in [-0.2, -0.15) is 5.10 Å². The van der Waals surface area contributed by atoms with E-state index in [0.717, 1.165) is 5.69 Å². The van der Waals surface area contributed by atoms with Gasteiger partial charge in [-0.1, -0.05) is 29.8 Å². The van der Waals surface area contributed by atoms with Gasteiger partial charge in [-0.3, -0.25) is 14.3 Å². The summed E-state index contributed by atoms with van der Waals surface area (Å²) in [7, 11) is 3.53. The molecule has 0 spiro atoms. The molecule has 0 aliphatic carbocycles. The second kappa shape index (κ2) is 7.54. The number of aryl methyl sites for hydroxylation is 1.